The van der Waals surface area contributed by atoms with Gasteiger partial charge in [0, 0.05) is 16.1 Å². The van der Waals surface area contributed by atoms with E-state index in [2.05, 4.69) is 10.4 Å². The van der Waals surface area contributed by atoms with E-state index in [-0.39, 0.29) is 0 Å². The molecule has 108 valence electrons. The number of halogens is 4. The highest BCUT2D eigenvalue weighted by Crippen LogP contribution is 2.36. The van der Waals surface area contributed by atoms with Crippen LogP contribution in [0.25, 0.3) is 0 Å². The lowest BCUT2D eigenvalue weighted by Gasteiger charge is -2.15. The minimum absolute atomic E-state index is 0.390. The Morgan fingerprint density at radius 2 is 2.10 bits per heavy atom. The largest absolute Gasteiger partial charge is 0.443 e. The zero-order valence-corrected chi connectivity index (χ0v) is 11.9. The number of aryl methyl sites for hydroxylation is 1. The zero-order valence-electron chi connectivity index (χ0n) is 10.3. The van der Waals surface area contributed by atoms with Gasteiger partial charge >= 0.3 is 6.18 Å². The van der Waals surface area contributed by atoms with Gasteiger partial charge in [0.05, 0.1) is 6.04 Å². The summed E-state index contributed by atoms with van der Waals surface area (Å²) in [6.07, 6.45) is -3.26. The van der Waals surface area contributed by atoms with Crippen LogP contribution in [0.5, 0.6) is 0 Å². The van der Waals surface area contributed by atoms with Gasteiger partial charge in [-0.1, -0.05) is 23.7 Å². The third-order valence-electron chi connectivity index (χ3n) is 2.73. The SMILES string of the molecule is Cc1cc(C(NN)c2cnc(C(F)(F)F)s2)ccc1Cl. The van der Waals surface area contributed by atoms with Crippen LogP contribution in [0.3, 0.4) is 0 Å². The molecular formula is C12H11ClF3N3S. The fraction of sp³-hybridized carbons (Fsp3) is 0.250. The van der Waals surface area contributed by atoms with Crippen molar-refractivity contribution < 1.29 is 13.2 Å². The molecule has 0 aliphatic rings. The normalized spacial score (nSPS) is 13.5. The third-order valence-corrected chi connectivity index (χ3v) is 4.26. The zero-order chi connectivity index (χ0) is 14.9. The molecule has 0 saturated carbocycles. The molecule has 3 nitrogen and oxygen atoms in total. The number of hydrazine groups is 1. The van der Waals surface area contributed by atoms with Crippen LogP contribution in [-0.2, 0) is 6.18 Å². The van der Waals surface area contributed by atoms with Gasteiger partial charge in [-0.05, 0) is 24.1 Å². The van der Waals surface area contributed by atoms with Crippen molar-refractivity contribution in [3.05, 3.63) is 50.4 Å². The first kappa shape index (κ1) is 15.2. The summed E-state index contributed by atoms with van der Waals surface area (Å²) in [5, 5.41) is -0.303. The Balaban J connectivity index is 2.37. The molecule has 8 heteroatoms. The first-order chi connectivity index (χ1) is 9.32. The third kappa shape index (κ3) is 3.12. The van der Waals surface area contributed by atoms with Gasteiger partial charge < -0.3 is 0 Å². The maximum absolute atomic E-state index is 12.6. The Hall–Kier alpha value is -1.15. The summed E-state index contributed by atoms with van der Waals surface area (Å²) >= 11 is 6.49. The van der Waals surface area contributed by atoms with E-state index in [9.17, 15) is 13.2 Å². The quantitative estimate of drug-likeness (QED) is 0.670. The van der Waals surface area contributed by atoms with E-state index in [1.165, 1.54) is 6.20 Å². The number of aromatic nitrogens is 1. The van der Waals surface area contributed by atoms with Crippen LogP contribution in [0.1, 0.15) is 27.1 Å². The van der Waals surface area contributed by atoms with Crippen molar-refractivity contribution in [1.82, 2.24) is 10.4 Å². The molecule has 1 aromatic carbocycles. The summed E-state index contributed by atoms with van der Waals surface area (Å²) < 4.78 is 37.7. The second-order valence-corrected chi connectivity index (χ2v) is 5.64. The van der Waals surface area contributed by atoms with E-state index in [4.69, 9.17) is 17.4 Å². The molecule has 1 heterocycles. The summed E-state index contributed by atoms with van der Waals surface area (Å²) in [6, 6.07) is 4.62. The predicted octanol–water partition coefficient (Wildman–Crippen LogP) is 3.68. The number of alkyl halides is 3. The van der Waals surface area contributed by atoms with Crippen molar-refractivity contribution >= 4 is 22.9 Å². The molecule has 0 aliphatic carbocycles. The van der Waals surface area contributed by atoms with Crippen LogP contribution in [0.15, 0.2) is 24.4 Å². The van der Waals surface area contributed by atoms with Gasteiger partial charge in [0.25, 0.3) is 0 Å². The topological polar surface area (TPSA) is 50.9 Å². The molecule has 20 heavy (non-hydrogen) atoms. The maximum atomic E-state index is 12.6. The lowest BCUT2D eigenvalue weighted by atomic mass is 10.0. The number of nitrogens with two attached hydrogens (primary N) is 1. The summed E-state index contributed by atoms with van der Waals surface area (Å²) in [6.45, 7) is 1.81. The number of hydrogen-bond donors (Lipinski definition) is 2. The van der Waals surface area contributed by atoms with Gasteiger partial charge in [0.15, 0.2) is 5.01 Å². The van der Waals surface area contributed by atoms with Gasteiger partial charge in [-0.25, -0.2) is 10.4 Å². The van der Waals surface area contributed by atoms with E-state index in [1.807, 2.05) is 6.92 Å². The van der Waals surface area contributed by atoms with E-state index in [0.29, 0.717) is 21.2 Å². The maximum Gasteiger partial charge on any atom is 0.443 e. The highest BCUT2D eigenvalue weighted by Gasteiger charge is 2.35. The number of rotatable bonds is 3. The molecule has 3 N–H and O–H groups in total. The smallest absolute Gasteiger partial charge is 0.271 e. The van der Waals surface area contributed by atoms with E-state index in [0.717, 1.165) is 11.1 Å². The minimum atomic E-state index is -4.45. The van der Waals surface area contributed by atoms with Gasteiger partial charge in [-0.15, -0.1) is 11.3 Å². The Morgan fingerprint density at radius 3 is 2.60 bits per heavy atom. The summed E-state index contributed by atoms with van der Waals surface area (Å²) in [4.78, 5) is 3.78. The van der Waals surface area contributed by atoms with Crippen LogP contribution >= 0.6 is 22.9 Å². The highest BCUT2D eigenvalue weighted by molar-refractivity contribution is 7.11. The van der Waals surface area contributed by atoms with Crippen LogP contribution in [0, 0.1) is 6.92 Å². The molecule has 0 saturated heterocycles. The second kappa shape index (κ2) is 5.69. The number of hydrogen-bond acceptors (Lipinski definition) is 4. The fourth-order valence-electron chi connectivity index (χ4n) is 1.74. The predicted molar refractivity (Wildman–Crippen MR) is 72.5 cm³/mol. The van der Waals surface area contributed by atoms with Crippen LogP contribution in [0.4, 0.5) is 13.2 Å². The van der Waals surface area contributed by atoms with Crippen molar-refractivity contribution in [3.63, 3.8) is 0 Å². The van der Waals surface area contributed by atoms with Crippen molar-refractivity contribution in [2.24, 2.45) is 5.84 Å². The number of benzene rings is 1. The lowest BCUT2D eigenvalue weighted by Crippen LogP contribution is -2.28. The second-order valence-electron chi connectivity index (χ2n) is 4.17. The van der Waals surface area contributed by atoms with Crippen LogP contribution < -0.4 is 11.3 Å². The Bertz CT molecular complexity index is 612. The van der Waals surface area contributed by atoms with Gasteiger partial charge in [-0.2, -0.15) is 13.2 Å². The molecule has 0 fully saturated rings. The Labute approximate surface area is 122 Å². The van der Waals surface area contributed by atoms with Gasteiger partial charge in [0.2, 0.25) is 0 Å². The van der Waals surface area contributed by atoms with Crippen molar-refractivity contribution in [1.29, 1.82) is 0 Å². The Kier molecular flexibility index (Phi) is 4.33. The highest BCUT2D eigenvalue weighted by atomic mass is 35.5. The molecule has 0 aliphatic heterocycles. The summed E-state index contributed by atoms with van der Waals surface area (Å²) in [7, 11) is 0. The Morgan fingerprint density at radius 1 is 1.40 bits per heavy atom. The molecular weight excluding hydrogens is 311 g/mol. The van der Waals surface area contributed by atoms with Crippen LogP contribution in [0.2, 0.25) is 5.02 Å². The number of thiazole rings is 1. The lowest BCUT2D eigenvalue weighted by molar-refractivity contribution is -0.137. The number of nitrogens with one attached hydrogen (secondary N) is 1. The first-order valence-corrected chi connectivity index (χ1v) is 6.77. The van der Waals surface area contributed by atoms with Crippen LogP contribution in [-0.4, -0.2) is 4.98 Å². The van der Waals surface area contributed by atoms with Crippen molar-refractivity contribution in [3.8, 4) is 0 Å². The van der Waals surface area contributed by atoms with E-state index in [1.54, 1.807) is 18.2 Å². The van der Waals surface area contributed by atoms with Crippen molar-refractivity contribution in [2.45, 2.75) is 19.1 Å². The molecule has 0 amide bonds. The van der Waals surface area contributed by atoms with E-state index >= 15 is 0 Å². The average Bonchev–Trinajstić information content (AvgIpc) is 2.84. The molecule has 0 spiro atoms. The molecule has 1 atom stereocenters. The molecule has 1 unspecified atom stereocenters. The van der Waals surface area contributed by atoms with Gasteiger partial charge in [-0.3, -0.25) is 5.84 Å². The fourth-order valence-corrected chi connectivity index (χ4v) is 2.73. The van der Waals surface area contributed by atoms with Gasteiger partial charge in [0.1, 0.15) is 0 Å². The molecule has 0 radical (unpaired) electrons. The minimum Gasteiger partial charge on any atom is -0.271 e. The standard InChI is InChI=1S/C12H11ClF3N3S/c1-6-4-7(2-3-8(6)13)10(19-17)9-5-18-11(20-9)12(14,15)16/h2-5,10,19H,17H2,1H3. The van der Waals surface area contributed by atoms with Crippen molar-refractivity contribution in [2.75, 3.05) is 0 Å². The number of nitrogens with zero attached hydrogens (tertiary/aromatic N) is 1. The first-order valence-electron chi connectivity index (χ1n) is 5.58. The van der Waals surface area contributed by atoms with E-state index < -0.39 is 17.2 Å². The average molecular weight is 322 g/mol. The molecule has 0 bridgehead atoms. The molecule has 2 rings (SSSR count). The monoisotopic (exact) mass is 321 g/mol. The molecule has 1 aromatic heterocycles. The summed E-state index contributed by atoms with van der Waals surface area (Å²) in [5.41, 5.74) is 4.06. The molecule has 2 aromatic rings. The summed E-state index contributed by atoms with van der Waals surface area (Å²) in [5.74, 6) is 5.46.